The molecule has 166 valence electrons. The molecule has 3 heterocycles. The van der Waals surface area contributed by atoms with Gasteiger partial charge in [-0.2, -0.15) is 0 Å². The standard InChI is InChI=1S/C23H30N4O4/c1-30-12-8-24-23(29)18-14-20(25-19-7-3-2-6-17(18)19)21-15-27(11-13-31-21)22(28)16-26-9-4-5-10-26/h2-3,6-7,14,21H,4-5,8-13,15-16H2,1H3,(H,24,29). The van der Waals surface area contributed by atoms with Crippen molar-refractivity contribution in [2.45, 2.75) is 18.9 Å². The van der Waals surface area contributed by atoms with Crippen LogP contribution in [0.4, 0.5) is 0 Å². The predicted octanol–water partition coefficient (Wildman–Crippen LogP) is 1.61. The van der Waals surface area contributed by atoms with Gasteiger partial charge in [0.2, 0.25) is 5.91 Å². The minimum atomic E-state index is -0.355. The maximum Gasteiger partial charge on any atom is 0.252 e. The molecule has 0 radical (unpaired) electrons. The van der Waals surface area contributed by atoms with E-state index < -0.39 is 0 Å². The van der Waals surface area contributed by atoms with Crippen molar-refractivity contribution < 1.29 is 19.1 Å². The van der Waals surface area contributed by atoms with Crippen LogP contribution in [0.5, 0.6) is 0 Å². The zero-order chi connectivity index (χ0) is 21.6. The van der Waals surface area contributed by atoms with Gasteiger partial charge in [0, 0.05) is 25.6 Å². The molecule has 2 amide bonds. The lowest BCUT2D eigenvalue weighted by Crippen LogP contribution is -2.46. The van der Waals surface area contributed by atoms with Gasteiger partial charge in [-0.1, -0.05) is 18.2 Å². The first-order valence-electron chi connectivity index (χ1n) is 10.9. The summed E-state index contributed by atoms with van der Waals surface area (Å²) in [6.45, 7) is 4.82. The van der Waals surface area contributed by atoms with Crippen LogP contribution in [0.3, 0.4) is 0 Å². The molecule has 2 aromatic rings. The Hall–Kier alpha value is -2.55. The number of hydrogen-bond donors (Lipinski definition) is 1. The van der Waals surface area contributed by atoms with Crippen LogP contribution in [0.15, 0.2) is 30.3 Å². The molecule has 0 bridgehead atoms. The first kappa shape index (κ1) is 21.7. The largest absolute Gasteiger partial charge is 0.383 e. The fourth-order valence-corrected chi connectivity index (χ4v) is 4.20. The van der Waals surface area contributed by atoms with Crippen molar-refractivity contribution in [2.75, 3.05) is 59.6 Å². The molecule has 2 fully saturated rings. The maximum atomic E-state index is 12.8. The van der Waals surface area contributed by atoms with Crippen LogP contribution in [-0.2, 0) is 14.3 Å². The first-order valence-corrected chi connectivity index (χ1v) is 10.9. The van der Waals surface area contributed by atoms with Gasteiger partial charge >= 0.3 is 0 Å². The number of pyridine rings is 1. The number of carbonyl (C=O) groups excluding carboxylic acids is 2. The van der Waals surface area contributed by atoms with E-state index in [0.717, 1.165) is 36.8 Å². The lowest BCUT2D eigenvalue weighted by Gasteiger charge is -2.34. The minimum Gasteiger partial charge on any atom is -0.383 e. The number of ether oxygens (including phenoxy) is 2. The number of fused-ring (bicyclic) bond motifs is 1. The molecule has 1 aromatic heterocycles. The Kier molecular flexibility index (Phi) is 7.11. The molecular formula is C23H30N4O4. The number of amides is 2. The summed E-state index contributed by atoms with van der Waals surface area (Å²) < 4.78 is 11.0. The normalized spacial score (nSPS) is 19.6. The smallest absolute Gasteiger partial charge is 0.252 e. The average molecular weight is 427 g/mol. The summed E-state index contributed by atoms with van der Waals surface area (Å²) in [5, 5.41) is 3.68. The van der Waals surface area contributed by atoms with Gasteiger partial charge in [0.05, 0.1) is 43.1 Å². The Labute approximate surface area is 182 Å². The number of benzene rings is 1. The molecule has 1 atom stereocenters. The highest BCUT2D eigenvalue weighted by molar-refractivity contribution is 6.06. The molecule has 0 saturated carbocycles. The molecule has 8 nitrogen and oxygen atoms in total. The Morgan fingerprint density at radius 1 is 1.23 bits per heavy atom. The Balaban J connectivity index is 1.53. The second-order valence-corrected chi connectivity index (χ2v) is 8.04. The molecule has 2 aliphatic heterocycles. The molecule has 4 rings (SSSR count). The molecule has 1 aromatic carbocycles. The van der Waals surface area contributed by atoms with Gasteiger partial charge in [-0.3, -0.25) is 14.5 Å². The van der Waals surface area contributed by atoms with E-state index in [2.05, 4.69) is 10.2 Å². The molecule has 2 aliphatic rings. The summed E-state index contributed by atoms with van der Waals surface area (Å²) in [7, 11) is 1.60. The lowest BCUT2D eigenvalue weighted by molar-refractivity contribution is -0.140. The van der Waals surface area contributed by atoms with Crippen molar-refractivity contribution in [3.05, 3.63) is 41.6 Å². The van der Waals surface area contributed by atoms with E-state index in [0.29, 0.717) is 50.7 Å². The third-order valence-corrected chi connectivity index (χ3v) is 5.88. The monoisotopic (exact) mass is 426 g/mol. The number of aromatic nitrogens is 1. The van der Waals surface area contributed by atoms with Gasteiger partial charge in [-0.25, -0.2) is 4.98 Å². The van der Waals surface area contributed by atoms with E-state index in [4.69, 9.17) is 14.5 Å². The third-order valence-electron chi connectivity index (χ3n) is 5.88. The van der Waals surface area contributed by atoms with Crippen LogP contribution >= 0.6 is 0 Å². The van der Waals surface area contributed by atoms with Crippen LogP contribution < -0.4 is 5.32 Å². The van der Waals surface area contributed by atoms with Crippen molar-refractivity contribution in [2.24, 2.45) is 0 Å². The Morgan fingerprint density at radius 2 is 2.03 bits per heavy atom. The molecule has 0 spiro atoms. The topological polar surface area (TPSA) is 84.0 Å². The Morgan fingerprint density at radius 3 is 2.84 bits per heavy atom. The fourth-order valence-electron chi connectivity index (χ4n) is 4.20. The zero-order valence-corrected chi connectivity index (χ0v) is 18.0. The number of para-hydroxylation sites is 1. The number of morpholine rings is 1. The minimum absolute atomic E-state index is 0.133. The summed E-state index contributed by atoms with van der Waals surface area (Å²) in [5.41, 5.74) is 1.97. The van der Waals surface area contributed by atoms with Crippen LogP contribution in [0, 0.1) is 0 Å². The van der Waals surface area contributed by atoms with Crippen LogP contribution in [0.1, 0.15) is 35.0 Å². The van der Waals surface area contributed by atoms with Gasteiger partial charge in [-0.15, -0.1) is 0 Å². The molecule has 8 heteroatoms. The number of carbonyl (C=O) groups is 2. The van der Waals surface area contributed by atoms with E-state index >= 15 is 0 Å². The highest BCUT2D eigenvalue weighted by Gasteiger charge is 2.29. The number of nitrogens with one attached hydrogen (secondary N) is 1. The van der Waals surface area contributed by atoms with Crippen molar-refractivity contribution in [3.63, 3.8) is 0 Å². The predicted molar refractivity (Wildman–Crippen MR) is 117 cm³/mol. The lowest BCUT2D eigenvalue weighted by atomic mass is 10.0. The SMILES string of the molecule is COCCNC(=O)c1cc(C2CN(C(=O)CN3CCCC3)CCO2)nc2ccccc12. The van der Waals surface area contributed by atoms with Gasteiger partial charge in [0.1, 0.15) is 6.10 Å². The van der Waals surface area contributed by atoms with E-state index in [-0.39, 0.29) is 17.9 Å². The zero-order valence-electron chi connectivity index (χ0n) is 18.0. The van der Waals surface area contributed by atoms with Crippen LogP contribution in [0.2, 0.25) is 0 Å². The van der Waals surface area contributed by atoms with Gasteiger partial charge < -0.3 is 19.7 Å². The first-order chi connectivity index (χ1) is 15.2. The summed E-state index contributed by atoms with van der Waals surface area (Å²) in [4.78, 5) is 34.5. The molecule has 1 unspecified atom stereocenters. The van der Waals surface area contributed by atoms with Crippen molar-refractivity contribution in [1.82, 2.24) is 20.1 Å². The number of methoxy groups -OCH3 is 1. The summed E-state index contributed by atoms with van der Waals surface area (Å²) in [5.74, 6) is -0.0387. The summed E-state index contributed by atoms with van der Waals surface area (Å²) >= 11 is 0. The molecule has 31 heavy (non-hydrogen) atoms. The van der Waals surface area contributed by atoms with Crippen molar-refractivity contribution in [1.29, 1.82) is 0 Å². The second kappa shape index (κ2) is 10.2. The fraction of sp³-hybridized carbons (Fsp3) is 0.522. The third kappa shape index (κ3) is 5.20. The molecule has 1 N–H and O–H groups in total. The number of hydrogen-bond acceptors (Lipinski definition) is 6. The van der Waals surface area contributed by atoms with Gasteiger partial charge in [-0.05, 0) is 38.1 Å². The number of likely N-dealkylation sites (tertiary alicyclic amines) is 1. The van der Waals surface area contributed by atoms with E-state index in [1.807, 2.05) is 29.2 Å². The van der Waals surface area contributed by atoms with Gasteiger partial charge in [0.25, 0.3) is 5.91 Å². The van der Waals surface area contributed by atoms with Crippen molar-refractivity contribution >= 4 is 22.7 Å². The van der Waals surface area contributed by atoms with Crippen LogP contribution in [0.25, 0.3) is 10.9 Å². The maximum absolute atomic E-state index is 12.8. The Bertz CT molecular complexity index is 929. The summed E-state index contributed by atoms with van der Waals surface area (Å²) in [6, 6.07) is 9.38. The van der Waals surface area contributed by atoms with E-state index in [1.54, 1.807) is 13.2 Å². The highest BCUT2D eigenvalue weighted by Crippen LogP contribution is 2.26. The second-order valence-electron chi connectivity index (χ2n) is 8.04. The van der Waals surface area contributed by atoms with Crippen molar-refractivity contribution in [3.8, 4) is 0 Å². The molecular weight excluding hydrogens is 396 g/mol. The average Bonchev–Trinajstić information content (AvgIpc) is 3.31. The molecule has 0 aliphatic carbocycles. The number of nitrogens with zero attached hydrogens (tertiary/aromatic N) is 3. The van der Waals surface area contributed by atoms with E-state index in [1.165, 1.54) is 0 Å². The quantitative estimate of drug-likeness (QED) is 0.678. The van der Waals surface area contributed by atoms with Gasteiger partial charge in [0.15, 0.2) is 0 Å². The number of rotatable bonds is 7. The summed E-state index contributed by atoms with van der Waals surface area (Å²) in [6.07, 6.45) is 1.97. The molecule has 2 saturated heterocycles. The highest BCUT2D eigenvalue weighted by atomic mass is 16.5. The van der Waals surface area contributed by atoms with E-state index in [9.17, 15) is 9.59 Å². The van der Waals surface area contributed by atoms with Crippen LogP contribution in [-0.4, -0.2) is 86.2 Å².